The van der Waals surface area contributed by atoms with Crippen molar-refractivity contribution >= 4 is 27.0 Å². The second kappa shape index (κ2) is 8.49. The second-order valence-electron chi connectivity index (χ2n) is 7.03. The third-order valence-electron chi connectivity index (χ3n) is 4.70. The largest absolute Gasteiger partial charge is 0.351 e. The van der Waals surface area contributed by atoms with Crippen molar-refractivity contribution in [3.8, 4) is 0 Å². The number of imidazole rings is 1. The molecule has 2 aromatic carbocycles. The van der Waals surface area contributed by atoms with Crippen LogP contribution in [0.4, 0.5) is 8.78 Å². The lowest BCUT2D eigenvalue weighted by Gasteiger charge is -2.15. The maximum Gasteiger partial charge on any atom is 0.320 e. The third kappa shape index (κ3) is 4.19. The Morgan fingerprint density at radius 3 is 2.53 bits per heavy atom. The lowest BCUT2D eigenvalue weighted by atomic mass is 10.1. The number of amides is 1. The smallest absolute Gasteiger partial charge is 0.320 e. The van der Waals surface area contributed by atoms with Crippen LogP contribution in [0.2, 0.25) is 0 Å². The van der Waals surface area contributed by atoms with Crippen LogP contribution >= 0.6 is 0 Å². The van der Waals surface area contributed by atoms with Gasteiger partial charge in [-0.1, -0.05) is 25.1 Å². The molecule has 0 radical (unpaired) electrons. The van der Waals surface area contributed by atoms with Crippen LogP contribution in [-0.2, 0) is 10.0 Å². The van der Waals surface area contributed by atoms with Gasteiger partial charge in [0.1, 0.15) is 5.82 Å². The standard InChI is InChI=1S/C20H22F2N4O3S/c1-13(18-24-16-9-4-5-10-17(16)26(18)20(21)22)12-23-19(27)14-7-6-8-15(11-14)30(28,29)25(2)3/h4-11,13,20H,12H2,1-3H3,(H,23,27)/t13-/m1/s1. The molecular formula is C20H22F2N4O3S. The van der Waals surface area contributed by atoms with Gasteiger partial charge >= 0.3 is 6.55 Å². The number of rotatable bonds is 7. The molecule has 0 saturated heterocycles. The van der Waals surface area contributed by atoms with Gasteiger partial charge in [-0.2, -0.15) is 8.78 Å². The van der Waals surface area contributed by atoms with Crippen molar-refractivity contribution in [1.82, 2.24) is 19.2 Å². The maximum atomic E-state index is 13.6. The second-order valence-corrected chi connectivity index (χ2v) is 9.18. The predicted molar refractivity (Wildman–Crippen MR) is 109 cm³/mol. The highest BCUT2D eigenvalue weighted by atomic mass is 32.2. The van der Waals surface area contributed by atoms with Crippen LogP contribution in [0.5, 0.6) is 0 Å². The number of alkyl halides is 2. The molecule has 0 aliphatic heterocycles. The molecule has 0 aliphatic rings. The van der Waals surface area contributed by atoms with E-state index in [2.05, 4.69) is 10.3 Å². The van der Waals surface area contributed by atoms with Crippen LogP contribution < -0.4 is 5.32 Å². The zero-order chi connectivity index (χ0) is 22.1. The Morgan fingerprint density at radius 1 is 1.17 bits per heavy atom. The van der Waals surface area contributed by atoms with Crippen molar-refractivity contribution in [1.29, 1.82) is 0 Å². The minimum Gasteiger partial charge on any atom is -0.351 e. The quantitative estimate of drug-likeness (QED) is 0.616. The molecule has 1 amide bonds. The topological polar surface area (TPSA) is 84.3 Å². The number of fused-ring (bicyclic) bond motifs is 1. The van der Waals surface area contributed by atoms with Gasteiger partial charge < -0.3 is 5.32 Å². The Labute approximate surface area is 173 Å². The lowest BCUT2D eigenvalue weighted by Crippen LogP contribution is -2.29. The number of halogens is 2. The Hall–Kier alpha value is -2.85. The molecule has 0 aliphatic carbocycles. The summed E-state index contributed by atoms with van der Waals surface area (Å²) >= 11 is 0. The van der Waals surface area contributed by atoms with Crippen LogP contribution in [0.1, 0.15) is 35.6 Å². The average Bonchev–Trinajstić information content (AvgIpc) is 3.11. The molecule has 7 nitrogen and oxygen atoms in total. The van der Waals surface area contributed by atoms with Crippen molar-refractivity contribution in [3.63, 3.8) is 0 Å². The molecule has 1 N–H and O–H groups in total. The van der Waals surface area contributed by atoms with Gasteiger partial charge in [-0.05, 0) is 30.3 Å². The number of hydrogen-bond donors (Lipinski definition) is 1. The van der Waals surface area contributed by atoms with E-state index in [-0.39, 0.29) is 22.8 Å². The monoisotopic (exact) mass is 436 g/mol. The number of sulfonamides is 1. The number of nitrogens with one attached hydrogen (secondary N) is 1. The highest BCUT2D eigenvalue weighted by Gasteiger charge is 2.23. The minimum atomic E-state index is -3.68. The molecule has 0 spiro atoms. The number of aromatic nitrogens is 2. The summed E-state index contributed by atoms with van der Waals surface area (Å²) in [6, 6.07) is 12.3. The van der Waals surface area contributed by atoms with Crippen molar-refractivity contribution < 1.29 is 22.0 Å². The van der Waals surface area contributed by atoms with Gasteiger partial charge in [0.05, 0.1) is 15.9 Å². The molecule has 3 aromatic rings. The SMILES string of the molecule is C[C@H](CNC(=O)c1cccc(S(=O)(=O)N(C)C)c1)c1nc2ccccc2n1C(F)F. The van der Waals surface area contributed by atoms with Crippen molar-refractivity contribution in [3.05, 3.63) is 59.9 Å². The number of para-hydroxylation sites is 2. The highest BCUT2D eigenvalue weighted by Crippen LogP contribution is 2.27. The van der Waals surface area contributed by atoms with E-state index in [1.165, 1.54) is 38.4 Å². The lowest BCUT2D eigenvalue weighted by molar-refractivity contribution is 0.0704. The van der Waals surface area contributed by atoms with Crippen molar-refractivity contribution in [2.45, 2.75) is 24.3 Å². The Morgan fingerprint density at radius 2 is 1.87 bits per heavy atom. The maximum absolute atomic E-state index is 13.6. The first-order valence-electron chi connectivity index (χ1n) is 9.18. The molecule has 30 heavy (non-hydrogen) atoms. The minimum absolute atomic E-state index is 0.00677. The first kappa shape index (κ1) is 21.8. The van der Waals surface area contributed by atoms with E-state index in [1.807, 2.05) is 0 Å². The van der Waals surface area contributed by atoms with Gasteiger partial charge in [-0.3, -0.25) is 9.36 Å². The molecule has 0 saturated carbocycles. The summed E-state index contributed by atoms with van der Waals surface area (Å²) in [4.78, 5) is 16.8. The summed E-state index contributed by atoms with van der Waals surface area (Å²) in [5.41, 5.74) is 0.933. The summed E-state index contributed by atoms with van der Waals surface area (Å²) in [7, 11) is -0.877. The van der Waals surface area contributed by atoms with Gasteiger partial charge in [-0.25, -0.2) is 17.7 Å². The van der Waals surface area contributed by atoms with E-state index in [0.717, 1.165) is 8.87 Å². The van der Waals surface area contributed by atoms with E-state index in [0.29, 0.717) is 11.0 Å². The molecule has 0 fully saturated rings. The number of benzene rings is 2. The molecule has 160 valence electrons. The van der Waals surface area contributed by atoms with Crippen molar-refractivity contribution in [2.24, 2.45) is 0 Å². The van der Waals surface area contributed by atoms with E-state index in [9.17, 15) is 22.0 Å². The number of hydrogen-bond acceptors (Lipinski definition) is 4. The van der Waals surface area contributed by atoms with E-state index in [4.69, 9.17) is 0 Å². The van der Waals surface area contributed by atoms with Crippen LogP contribution in [0.3, 0.4) is 0 Å². The summed E-state index contributed by atoms with van der Waals surface area (Å²) in [6.07, 6.45) is 0. The molecule has 0 unspecified atom stereocenters. The van der Waals surface area contributed by atoms with Gasteiger partial charge in [0.25, 0.3) is 5.91 Å². The first-order chi connectivity index (χ1) is 14.1. The van der Waals surface area contributed by atoms with Crippen LogP contribution in [-0.4, -0.2) is 48.8 Å². The third-order valence-corrected chi connectivity index (χ3v) is 6.51. The molecular weight excluding hydrogens is 414 g/mol. The predicted octanol–water partition coefficient (Wildman–Crippen LogP) is 3.22. The zero-order valence-corrected chi connectivity index (χ0v) is 17.5. The van der Waals surface area contributed by atoms with E-state index in [1.54, 1.807) is 31.2 Å². The summed E-state index contributed by atoms with van der Waals surface area (Å²) < 4.78 is 53.6. The first-order valence-corrected chi connectivity index (χ1v) is 10.6. The van der Waals surface area contributed by atoms with Gasteiger partial charge in [-0.15, -0.1) is 0 Å². The Bertz CT molecular complexity index is 1180. The normalized spacial score (nSPS) is 13.2. The highest BCUT2D eigenvalue weighted by molar-refractivity contribution is 7.89. The van der Waals surface area contributed by atoms with Crippen LogP contribution in [0.15, 0.2) is 53.4 Å². The fourth-order valence-electron chi connectivity index (χ4n) is 3.06. The Kier molecular flexibility index (Phi) is 6.18. The van der Waals surface area contributed by atoms with E-state index >= 15 is 0 Å². The van der Waals surface area contributed by atoms with E-state index < -0.39 is 28.4 Å². The average molecular weight is 436 g/mol. The fraction of sp³-hybridized carbons (Fsp3) is 0.300. The number of nitrogens with zero attached hydrogens (tertiary/aromatic N) is 3. The molecule has 10 heteroatoms. The number of carbonyl (C=O) groups is 1. The summed E-state index contributed by atoms with van der Waals surface area (Å²) in [5.74, 6) is -0.836. The summed E-state index contributed by atoms with van der Waals surface area (Å²) in [6.45, 7) is -1.02. The van der Waals surface area contributed by atoms with Crippen LogP contribution in [0.25, 0.3) is 11.0 Å². The van der Waals surface area contributed by atoms with Crippen molar-refractivity contribution in [2.75, 3.05) is 20.6 Å². The molecule has 1 heterocycles. The fourth-order valence-corrected chi connectivity index (χ4v) is 4.01. The number of carbonyl (C=O) groups excluding carboxylic acids is 1. The van der Waals surface area contributed by atoms with Gasteiger partial charge in [0.15, 0.2) is 0 Å². The molecule has 3 rings (SSSR count). The zero-order valence-electron chi connectivity index (χ0n) is 16.7. The molecule has 1 aromatic heterocycles. The molecule has 1 atom stereocenters. The Balaban J connectivity index is 1.79. The van der Waals surface area contributed by atoms with Gasteiger partial charge in [0, 0.05) is 32.1 Å². The molecule has 0 bridgehead atoms. The van der Waals surface area contributed by atoms with Crippen LogP contribution in [0, 0.1) is 0 Å². The summed E-state index contributed by atoms with van der Waals surface area (Å²) in [5, 5.41) is 2.67. The van der Waals surface area contributed by atoms with Gasteiger partial charge in [0.2, 0.25) is 10.0 Å².